The van der Waals surface area contributed by atoms with Crippen LogP contribution >= 0.6 is 0 Å². The Kier molecular flexibility index (Phi) is 5.22. The molecule has 2 amide bonds. The van der Waals surface area contributed by atoms with Crippen molar-refractivity contribution in [3.63, 3.8) is 0 Å². The van der Waals surface area contributed by atoms with Crippen LogP contribution in [0.4, 0.5) is 0 Å². The molecule has 0 radical (unpaired) electrons. The van der Waals surface area contributed by atoms with Gasteiger partial charge in [-0.3, -0.25) is 9.59 Å². The van der Waals surface area contributed by atoms with Crippen LogP contribution in [0.25, 0.3) is 0 Å². The zero-order valence-electron chi connectivity index (χ0n) is 14.0. The van der Waals surface area contributed by atoms with Gasteiger partial charge in [-0.2, -0.15) is 0 Å². The predicted molar refractivity (Wildman–Crippen MR) is 81.2 cm³/mol. The molecular weight excluding hydrogens is 252 g/mol. The molecule has 1 saturated heterocycles. The lowest BCUT2D eigenvalue weighted by Gasteiger charge is -2.46. The molecule has 0 bridgehead atoms. The van der Waals surface area contributed by atoms with E-state index in [0.29, 0.717) is 12.5 Å². The second-order valence-corrected chi connectivity index (χ2v) is 7.50. The average Bonchev–Trinajstić information content (AvgIpc) is 2.30. The van der Waals surface area contributed by atoms with Crippen molar-refractivity contribution in [1.82, 2.24) is 10.2 Å². The summed E-state index contributed by atoms with van der Waals surface area (Å²) in [7, 11) is 0. The van der Waals surface area contributed by atoms with E-state index in [4.69, 9.17) is 0 Å². The molecule has 0 saturated carbocycles. The second-order valence-electron chi connectivity index (χ2n) is 7.50. The van der Waals surface area contributed by atoms with Gasteiger partial charge >= 0.3 is 0 Å². The lowest BCUT2D eigenvalue weighted by atomic mass is 9.81. The van der Waals surface area contributed by atoms with E-state index >= 15 is 0 Å². The van der Waals surface area contributed by atoms with Crippen LogP contribution in [0, 0.1) is 17.3 Å². The van der Waals surface area contributed by atoms with Gasteiger partial charge in [0.1, 0.15) is 12.1 Å². The molecule has 0 aromatic heterocycles. The van der Waals surface area contributed by atoms with Crippen LogP contribution in [-0.2, 0) is 9.59 Å². The molecule has 1 heterocycles. The average molecular weight is 282 g/mol. The fourth-order valence-electron chi connectivity index (χ4n) is 2.71. The van der Waals surface area contributed by atoms with Crippen molar-refractivity contribution in [2.75, 3.05) is 6.54 Å². The minimum Gasteiger partial charge on any atom is -0.342 e. The van der Waals surface area contributed by atoms with Gasteiger partial charge in [0.05, 0.1) is 0 Å². The number of piperazine rings is 1. The Morgan fingerprint density at radius 1 is 1.20 bits per heavy atom. The molecule has 0 spiro atoms. The van der Waals surface area contributed by atoms with Gasteiger partial charge in [-0.25, -0.2) is 0 Å². The summed E-state index contributed by atoms with van der Waals surface area (Å²) in [5.41, 5.74) is -0.255. The van der Waals surface area contributed by atoms with Gasteiger partial charge < -0.3 is 10.2 Å². The third kappa shape index (κ3) is 3.53. The largest absolute Gasteiger partial charge is 0.342 e. The second kappa shape index (κ2) is 6.15. The summed E-state index contributed by atoms with van der Waals surface area (Å²) in [5.74, 6) is 0.577. The van der Waals surface area contributed by atoms with Crippen molar-refractivity contribution >= 4 is 11.8 Å². The number of amides is 2. The molecule has 1 aliphatic rings. The number of hydrogen-bond donors (Lipinski definition) is 1. The van der Waals surface area contributed by atoms with Crippen LogP contribution < -0.4 is 5.32 Å². The quantitative estimate of drug-likeness (QED) is 0.861. The van der Waals surface area contributed by atoms with Gasteiger partial charge in [0.15, 0.2) is 0 Å². The minimum atomic E-state index is -0.384. The van der Waals surface area contributed by atoms with Crippen LogP contribution in [-0.4, -0.2) is 35.3 Å². The van der Waals surface area contributed by atoms with Gasteiger partial charge in [-0.05, 0) is 17.3 Å². The maximum atomic E-state index is 12.7. The number of nitrogens with one attached hydrogen (secondary N) is 1. The van der Waals surface area contributed by atoms with Gasteiger partial charge in [-0.15, -0.1) is 0 Å². The van der Waals surface area contributed by atoms with E-state index in [0.717, 1.165) is 6.42 Å². The summed E-state index contributed by atoms with van der Waals surface area (Å²) in [6, 6.07) is -0.760. The minimum absolute atomic E-state index is 0.0147. The molecule has 4 heteroatoms. The Morgan fingerprint density at radius 3 is 2.15 bits per heavy atom. The molecule has 116 valence electrons. The van der Waals surface area contributed by atoms with E-state index in [1.165, 1.54) is 0 Å². The highest BCUT2D eigenvalue weighted by Gasteiger charge is 2.46. The Balaban J connectivity index is 3.10. The summed E-state index contributed by atoms with van der Waals surface area (Å²) in [4.78, 5) is 27.0. The standard InChI is InChI=1S/C16H30N2O2/c1-8-11(4)9-18-13(16(5,6)7)14(19)17-12(10(2)3)15(18)20/h10-13H,8-9H2,1-7H3,(H,17,19). The molecular formula is C16H30N2O2. The summed E-state index contributed by atoms with van der Waals surface area (Å²) < 4.78 is 0. The molecule has 1 aliphatic heterocycles. The highest BCUT2D eigenvalue weighted by atomic mass is 16.2. The first-order chi connectivity index (χ1) is 9.09. The van der Waals surface area contributed by atoms with Gasteiger partial charge in [0.2, 0.25) is 11.8 Å². The molecule has 0 aliphatic carbocycles. The van der Waals surface area contributed by atoms with Gasteiger partial charge in [0, 0.05) is 6.54 Å². The van der Waals surface area contributed by atoms with Crippen molar-refractivity contribution in [3.05, 3.63) is 0 Å². The van der Waals surface area contributed by atoms with Crippen molar-refractivity contribution in [3.8, 4) is 0 Å². The summed E-state index contributed by atoms with van der Waals surface area (Å²) in [6.07, 6.45) is 1.01. The van der Waals surface area contributed by atoms with E-state index in [2.05, 4.69) is 19.2 Å². The normalized spacial score (nSPS) is 25.9. The molecule has 1 rings (SSSR count). The van der Waals surface area contributed by atoms with E-state index in [1.807, 2.05) is 39.5 Å². The number of carbonyl (C=O) groups excluding carboxylic acids is 2. The van der Waals surface area contributed by atoms with Gasteiger partial charge in [0.25, 0.3) is 0 Å². The molecule has 20 heavy (non-hydrogen) atoms. The molecule has 1 fully saturated rings. The monoisotopic (exact) mass is 282 g/mol. The highest BCUT2D eigenvalue weighted by molar-refractivity contribution is 5.97. The fraction of sp³-hybridized carbons (Fsp3) is 0.875. The maximum absolute atomic E-state index is 12.7. The van der Waals surface area contributed by atoms with Crippen molar-refractivity contribution in [1.29, 1.82) is 0 Å². The Bertz CT molecular complexity index is 371. The maximum Gasteiger partial charge on any atom is 0.246 e. The molecule has 0 aromatic rings. The van der Waals surface area contributed by atoms with E-state index < -0.39 is 0 Å². The van der Waals surface area contributed by atoms with Crippen LogP contribution in [0.2, 0.25) is 0 Å². The van der Waals surface area contributed by atoms with E-state index in [1.54, 1.807) is 0 Å². The Labute approximate surface area is 123 Å². The van der Waals surface area contributed by atoms with Crippen molar-refractivity contribution in [2.45, 2.75) is 67.0 Å². The van der Waals surface area contributed by atoms with Crippen molar-refractivity contribution in [2.24, 2.45) is 17.3 Å². The number of nitrogens with zero attached hydrogens (tertiary/aromatic N) is 1. The van der Waals surface area contributed by atoms with Crippen LogP contribution in [0.3, 0.4) is 0 Å². The zero-order valence-corrected chi connectivity index (χ0v) is 14.0. The summed E-state index contributed by atoms with van der Waals surface area (Å²) >= 11 is 0. The fourth-order valence-corrected chi connectivity index (χ4v) is 2.71. The van der Waals surface area contributed by atoms with Crippen LogP contribution in [0.1, 0.15) is 54.9 Å². The topological polar surface area (TPSA) is 49.4 Å². The third-order valence-corrected chi connectivity index (χ3v) is 4.10. The molecule has 1 N–H and O–H groups in total. The summed E-state index contributed by atoms with van der Waals surface area (Å²) in [6.45, 7) is 14.9. The molecule has 3 unspecified atom stereocenters. The number of hydrogen-bond acceptors (Lipinski definition) is 2. The first-order valence-electron chi connectivity index (χ1n) is 7.70. The number of carbonyl (C=O) groups is 2. The first-order valence-corrected chi connectivity index (χ1v) is 7.70. The lowest BCUT2D eigenvalue weighted by molar-refractivity contribution is -0.155. The zero-order chi connectivity index (χ0) is 15.7. The van der Waals surface area contributed by atoms with E-state index in [-0.39, 0.29) is 35.2 Å². The molecule has 3 atom stereocenters. The summed E-state index contributed by atoms with van der Waals surface area (Å²) in [5, 5.41) is 2.91. The van der Waals surface area contributed by atoms with Crippen LogP contribution in [0.5, 0.6) is 0 Å². The first kappa shape index (κ1) is 17.0. The molecule has 4 nitrogen and oxygen atoms in total. The smallest absolute Gasteiger partial charge is 0.246 e. The third-order valence-electron chi connectivity index (χ3n) is 4.10. The highest BCUT2D eigenvalue weighted by Crippen LogP contribution is 2.30. The lowest BCUT2D eigenvalue weighted by Crippen LogP contribution is -2.68. The van der Waals surface area contributed by atoms with Crippen molar-refractivity contribution < 1.29 is 9.59 Å². The van der Waals surface area contributed by atoms with E-state index in [9.17, 15) is 9.59 Å². The predicted octanol–water partition coefficient (Wildman–Crippen LogP) is 2.43. The Hall–Kier alpha value is -1.06. The SMILES string of the molecule is CCC(C)CN1C(=O)C(C(C)C)NC(=O)C1C(C)(C)C. The van der Waals surface area contributed by atoms with Gasteiger partial charge in [-0.1, -0.05) is 54.9 Å². The molecule has 0 aromatic carbocycles. The Morgan fingerprint density at radius 2 is 1.75 bits per heavy atom. The van der Waals surface area contributed by atoms with Crippen LogP contribution in [0.15, 0.2) is 0 Å². The number of rotatable bonds is 4.